The summed E-state index contributed by atoms with van der Waals surface area (Å²) in [4.78, 5) is 22.7. The Morgan fingerprint density at radius 2 is 2.22 bits per heavy atom. The molecule has 94 valence electrons. The van der Waals surface area contributed by atoms with E-state index in [-0.39, 0.29) is 24.8 Å². The van der Waals surface area contributed by atoms with Crippen LogP contribution in [0.5, 0.6) is 5.75 Å². The number of hydrogen-bond acceptors (Lipinski definition) is 3. The first kappa shape index (κ1) is 14.3. The fourth-order valence-corrected chi connectivity index (χ4v) is 1.61. The molecule has 18 heavy (non-hydrogen) atoms. The molecule has 0 aromatic heterocycles. The number of terminal acetylenes is 1. The fraction of sp³-hybridized carbons (Fsp3) is 0.231. The van der Waals surface area contributed by atoms with E-state index in [2.05, 4.69) is 27.2 Å². The number of carbonyl (C=O) groups excluding carboxylic acids is 2. The van der Waals surface area contributed by atoms with E-state index in [0.29, 0.717) is 11.3 Å². The predicted molar refractivity (Wildman–Crippen MR) is 71.5 cm³/mol. The number of ether oxygens (including phenoxy) is 1. The predicted octanol–water partition coefficient (Wildman–Crippen LogP) is 1.78. The van der Waals surface area contributed by atoms with Crippen LogP contribution < -0.4 is 10.1 Å². The second kappa shape index (κ2) is 6.82. The van der Waals surface area contributed by atoms with Gasteiger partial charge in [-0.2, -0.15) is 0 Å². The third-order valence-electron chi connectivity index (χ3n) is 2.07. The third kappa shape index (κ3) is 4.22. The zero-order valence-electron chi connectivity index (χ0n) is 9.83. The van der Waals surface area contributed by atoms with Crippen LogP contribution in [0.3, 0.4) is 0 Å². The highest BCUT2D eigenvalue weighted by Gasteiger charge is 2.10. The lowest BCUT2D eigenvalue weighted by molar-refractivity contribution is -0.122. The SMILES string of the molecule is C#CCNC(=O)COc1ccc(Br)cc1C(C)=O. The van der Waals surface area contributed by atoms with E-state index in [1.165, 1.54) is 6.92 Å². The van der Waals surface area contributed by atoms with Crippen LogP contribution in [0.1, 0.15) is 17.3 Å². The molecule has 1 N–H and O–H groups in total. The van der Waals surface area contributed by atoms with Gasteiger partial charge in [0.2, 0.25) is 0 Å². The largest absolute Gasteiger partial charge is 0.483 e. The minimum Gasteiger partial charge on any atom is -0.483 e. The summed E-state index contributed by atoms with van der Waals surface area (Å²) in [6.45, 7) is 1.42. The summed E-state index contributed by atoms with van der Waals surface area (Å²) < 4.78 is 6.06. The Labute approximate surface area is 114 Å². The molecule has 4 nitrogen and oxygen atoms in total. The van der Waals surface area contributed by atoms with Crippen molar-refractivity contribution in [3.63, 3.8) is 0 Å². The number of rotatable bonds is 5. The number of amides is 1. The van der Waals surface area contributed by atoms with Gasteiger partial charge in [0.15, 0.2) is 12.4 Å². The maximum atomic E-state index is 11.4. The van der Waals surface area contributed by atoms with Crippen molar-refractivity contribution in [3.8, 4) is 18.1 Å². The van der Waals surface area contributed by atoms with Crippen LogP contribution in [0.15, 0.2) is 22.7 Å². The first-order chi connectivity index (χ1) is 8.54. The van der Waals surface area contributed by atoms with Gasteiger partial charge in [-0.25, -0.2) is 0 Å². The van der Waals surface area contributed by atoms with E-state index >= 15 is 0 Å². The molecule has 0 unspecified atom stereocenters. The van der Waals surface area contributed by atoms with Gasteiger partial charge in [-0.3, -0.25) is 9.59 Å². The molecule has 0 aliphatic carbocycles. The van der Waals surface area contributed by atoms with Crippen molar-refractivity contribution in [1.82, 2.24) is 5.32 Å². The molecular formula is C13H12BrNO3. The van der Waals surface area contributed by atoms with Crippen LogP contribution in [-0.2, 0) is 4.79 Å². The summed E-state index contributed by atoms with van der Waals surface area (Å²) in [7, 11) is 0. The van der Waals surface area contributed by atoms with Gasteiger partial charge in [0.25, 0.3) is 5.91 Å². The molecule has 0 aliphatic heterocycles. The summed E-state index contributed by atoms with van der Waals surface area (Å²) >= 11 is 3.27. The van der Waals surface area contributed by atoms with E-state index in [0.717, 1.165) is 4.47 Å². The number of ketones is 1. The van der Waals surface area contributed by atoms with Crippen molar-refractivity contribution >= 4 is 27.6 Å². The highest BCUT2D eigenvalue weighted by molar-refractivity contribution is 9.10. The number of Topliss-reactive ketones (excluding diaryl/α,β-unsaturated/α-hetero) is 1. The van der Waals surface area contributed by atoms with Crippen molar-refractivity contribution in [2.45, 2.75) is 6.92 Å². The molecular weight excluding hydrogens is 298 g/mol. The highest BCUT2D eigenvalue weighted by atomic mass is 79.9. The van der Waals surface area contributed by atoms with Crippen LogP contribution in [0.25, 0.3) is 0 Å². The standard InChI is InChI=1S/C13H12BrNO3/c1-3-6-15-13(17)8-18-12-5-4-10(14)7-11(12)9(2)16/h1,4-5,7H,6,8H2,2H3,(H,15,17). The quantitative estimate of drug-likeness (QED) is 0.666. The molecule has 1 rings (SSSR count). The van der Waals surface area contributed by atoms with Crippen LogP contribution in [0.4, 0.5) is 0 Å². The Kier molecular flexibility index (Phi) is 5.40. The smallest absolute Gasteiger partial charge is 0.258 e. The van der Waals surface area contributed by atoms with Gasteiger partial charge in [0, 0.05) is 4.47 Å². The normalized spacial score (nSPS) is 9.39. The van der Waals surface area contributed by atoms with Crippen molar-refractivity contribution in [2.75, 3.05) is 13.2 Å². The average molecular weight is 310 g/mol. The van der Waals surface area contributed by atoms with E-state index in [1.807, 2.05) is 0 Å². The lowest BCUT2D eigenvalue weighted by Gasteiger charge is -2.09. The molecule has 0 saturated carbocycles. The summed E-state index contributed by atoms with van der Waals surface area (Å²) in [5.74, 6) is 2.20. The minimum atomic E-state index is -0.328. The molecule has 0 fully saturated rings. The van der Waals surface area contributed by atoms with Crippen LogP contribution in [0.2, 0.25) is 0 Å². The van der Waals surface area contributed by atoms with Gasteiger partial charge in [-0.1, -0.05) is 21.9 Å². The maximum absolute atomic E-state index is 11.4. The van der Waals surface area contributed by atoms with Crippen molar-refractivity contribution in [3.05, 3.63) is 28.2 Å². The number of halogens is 1. The van der Waals surface area contributed by atoms with E-state index in [1.54, 1.807) is 18.2 Å². The second-order valence-corrected chi connectivity index (χ2v) is 4.38. The van der Waals surface area contributed by atoms with Gasteiger partial charge in [0.1, 0.15) is 5.75 Å². The molecule has 1 amide bonds. The van der Waals surface area contributed by atoms with E-state index in [9.17, 15) is 9.59 Å². The lowest BCUT2D eigenvalue weighted by Crippen LogP contribution is -2.29. The summed E-state index contributed by atoms with van der Waals surface area (Å²) in [5.41, 5.74) is 0.425. The number of hydrogen-bond donors (Lipinski definition) is 1. The van der Waals surface area contributed by atoms with E-state index < -0.39 is 0 Å². The first-order valence-corrected chi connectivity index (χ1v) is 5.97. The molecule has 0 heterocycles. The van der Waals surface area contributed by atoms with E-state index in [4.69, 9.17) is 11.2 Å². The van der Waals surface area contributed by atoms with Crippen molar-refractivity contribution in [1.29, 1.82) is 0 Å². The van der Waals surface area contributed by atoms with Gasteiger partial charge in [0.05, 0.1) is 12.1 Å². The molecule has 0 bridgehead atoms. The van der Waals surface area contributed by atoms with Crippen LogP contribution >= 0.6 is 15.9 Å². The summed E-state index contributed by atoms with van der Waals surface area (Å²) in [6.07, 6.45) is 5.01. The summed E-state index contributed by atoms with van der Waals surface area (Å²) in [5, 5.41) is 2.47. The fourth-order valence-electron chi connectivity index (χ4n) is 1.25. The lowest BCUT2D eigenvalue weighted by atomic mass is 10.1. The number of carbonyl (C=O) groups is 2. The number of benzene rings is 1. The van der Waals surface area contributed by atoms with Gasteiger partial charge in [-0.05, 0) is 25.1 Å². The molecule has 5 heteroatoms. The van der Waals surface area contributed by atoms with Crippen LogP contribution in [-0.4, -0.2) is 24.8 Å². The Morgan fingerprint density at radius 1 is 1.50 bits per heavy atom. The Balaban J connectivity index is 2.70. The molecule has 1 aromatic carbocycles. The molecule has 0 spiro atoms. The third-order valence-corrected chi connectivity index (χ3v) is 2.56. The molecule has 0 saturated heterocycles. The molecule has 0 aliphatic rings. The Hall–Kier alpha value is -1.80. The molecule has 0 atom stereocenters. The Morgan fingerprint density at radius 3 is 2.83 bits per heavy atom. The second-order valence-electron chi connectivity index (χ2n) is 3.47. The molecule has 0 radical (unpaired) electrons. The minimum absolute atomic E-state index is 0.129. The van der Waals surface area contributed by atoms with Gasteiger partial charge in [-0.15, -0.1) is 6.42 Å². The van der Waals surface area contributed by atoms with Gasteiger partial charge < -0.3 is 10.1 Å². The first-order valence-electron chi connectivity index (χ1n) is 5.18. The van der Waals surface area contributed by atoms with Gasteiger partial charge >= 0.3 is 0 Å². The zero-order valence-corrected chi connectivity index (χ0v) is 11.4. The maximum Gasteiger partial charge on any atom is 0.258 e. The topological polar surface area (TPSA) is 55.4 Å². The number of nitrogens with one attached hydrogen (secondary N) is 1. The Bertz CT molecular complexity index is 505. The molecule has 1 aromatic rings. The van der Waals surface area contributed by atoms with Crippen molar-refractivity contribution in [2.24, 2.45) is 0 Å². The monoisotopic (exact) mass is 309 g/mol. The zero-order chi connectivity index (χ0) is 13.5. The summed E-state index contributed by atoms with van der Waals surface area (Å²) in [6, 6.07) is 5.02. The highest BCUT2D eigenvalue weighted by Crippen LogP contribution is 2.23. The van der Waals surface area contributed by atoms with Crippen molar-refractivity contribution < 1.29 is 14.3 Å². The van der Waals surface area contributed by atoms with Crippen LogP contribution in [0, 0.1) is 12.3 Å². The average Bonchev–Trinajstić information content (AvgIpc) is 2.34.